The van der Waals surface area contributed by atoms with Crippen LogP contribution in [0.5, 0.6) is 0 Å². The summed E-state index contributed by atoms with van der Waals surface area (Å²) in [5, 5.41) is 8.74. The molecular formula is C24H50O4S. The number of rotatable bonds is 22. The molecule has 0 heterocycles. The van der Waals surface area contributed by atoms with Crippen molar-refractivity contribution in [1.29, 1.82) is 0 Å². The van der Waals surface area contributed by atoms with E-state index < -0.39 is 21.5 Å². The lowest BCUT2D eigenvalue weighted by Gasteiger charge is -2.18. The number of aliphatic hydroxyl groups excluding tert-OH is 1. The summed E-state index contributed by atoms with van der Waals surface area (Å²) in [4.78, 5) is 0. The Labute approximate surface area is 182 Å². The molecule has 0 saturated carbocycles. The van der Waals surface area contributed by atoms with Crippen molar-refractivity contribution in [3.63, 3.8) is 0 Å². The molecule has 0 rings (SSSR count). The summed E-state index contributed by atoms with van der Waals surface area (Å²) in [5.74, 6) is 0. The molecule has 2 unspecified atom stereocenters. The minimum Gasteiger partial charge on any atom is -0.392 e. The molecule has 2 atom stereocenters. The number of unbranched alkanes of at least 4 members (excludes halogenated alkanes) is 17. The third-order valence-corrected chi connectivity index (χ3v) is 7.39. The Morgan fingerprint density at radius 3 is 1.17 bits per heavy atom. The van der Waals surface area contributed by atoms with Crippen molar-refractivity contribution in [3.05, 3.63) is 0 Å². The molecule has 0 aromatic heterocycles. The van der Waals surface area contributed by atoms with Gasteiger partial charge >= 0.3 is 0 Å². The number of hydrogen-bond acceptors (Lipinski definition) is 3. The zero-order chi connectivity index (χ0) is 21.8. The maximum atomic E-state index is 11.3. The fourth-order valence-electron chi connectivity index (χ4n) is 4.05. The maximum Gasteiger partial charge on any atom is 0.270 e. The monoisotopic (exact) mass is 434 g/mol. The van der Waals surface area contributed by atoms with Crippen molar-refractivity contribution < 1.29 is 18.1 Å². The summed E-state index contributed by atoms with van der Waals surface area (Å²) in [5.41, 5.74) is 0. The summed E-state index contributed by atoms with van der Waals surface area (Å²) >= 11 is 0. The van der Waals surface area contributed by atoms with E-state index in [9.17, 15) is 18.1 Å². The van der Waals surface area contributed by atoms with E-state index in [-0.39, 0.29) is 0 Å². The maximum absolute atomic E-state index is 11.3. The predicted octanol–water partition coefficient (Wildman–Crippen LogP) is 7.45. The summed E-state index contributed by atoms with van der Waals surface area (Å²) < 4.78 is 31.9. The molecule has 0 aliphatic heterocycles. The van der Waals surface area contributed by atoms with Crippen LogP contribution in [0.15, 0.2) is 0 Å². The van der Waals surface area contributed by atoms with Crippen molar-refractivity contribution in [1.82, 2.24) is 0 Å². The van der Waals surface area contributed by atoms with Gasteiger partial charge in [-0.2, -0.15) is 8.42 Å². The van der Waals surface area contributed by atoms with Crippen LogP contribution in [0.4, 0.5) is 0 Å². The first-order valence-corrected chi connectivity index (χ1v) is 14.1. The van der Waals surface area contributed by atoms with E-state index >= 15 is 0 Å². The topological polar surface area (TPSA) is 74.6 Å². The summed E-state index contributed by atoms with van der Waals surface area (Å²) in [6.07, 6.45) is 23.1. The van der Waals surface area contributed by atoms with Gasteiger partial charge in [0, 0.05) is 0 Å². The van der Waals surface area contributed by atoms with E-state index in [1.165, 1.54) is 96.3 Å². The second kappa shape index (κ2) is 19.8. The minimum absolute atomic E-state index is 0.351. The Morgan fingerprint density at radius 2 is 0.897 bits per heavy atom. The highest BCUT2D eigenvalue weighted by Gasteiger charge is 2.29. The van der Waals surface area contributed by atoms with Crippen LogP contribution in [-0.2, 0) is 10.1 Å². The molecule has 29 heavy (non-hydrogen) atoms. The largest absolute Gasteiger partial charge is 0.392 e. The molecule has 4 nitrogen and oxygen atoms in total. The fraction of sp³-hybridized carbons (Fsp3) is 1.00. The van der Waals surface area contributed by atoms with Crippen molar-refractivity contribution in [2.45, 2.75) is 154 Å². The SMILES string of the molecule is CCCCCCCCCCCCCCCCCCCCC(C(O)CC)S(=O)(=O)O. The molecule has 176 valence electrons. The molecule has 5 heteroatoms. The Kier molecular flexibility index (Phi) is 19.7. The van der Waals surface area contributed by atoms with Crippen LogP contribution in [0.2, 0.25) is 0 Å². The molecule has 0 fully saturated rings. The van der Waals surface area contributed by atoms with Crippen LogP contribution in [0.3, 0.4) is 0 Å². The Morgan fingerprint density at radius 1 is 0.586 bits per heavy atom. The minimum atomic E-state index is -4.15. The van der Waals surface area contributed by atoms with E-state index in [0.29, 0.717) is 12.8 Å². The highest BCUT2D eigenvalue weighted by atomic mass is 32.2. The molecule has 0 aromatic carbocycles. The quantitative estimate of drug-likeness (QED) is 0.137. The average Bonchev–Trinajstić information content (AvgIpc) is 2.68. The molecule has 0 spiro atoms. The molecule has 0 radical (unpaired) electrons. The van der Waals surface area contributed by atoms with Gasteiger partial charge in [0.15, 0.2) is 0 Å². The van der Waals surface area contributed by atoms with Gasteiger partial charge in [-0.15, -0.1) is 0 Å². The zero-order valence-electron chi connectivity index (χ0n) is 19.4. The molecular weight excluding hydrogens is 384 g/mol. The van der Waals surface area contributed by atoms with Crippen LogP contribution in [0, 0.1) is 0 Å². The van der Waals surface area contributed by atoms with Gasteiger partial charge in [-0.05, 0) is 12.8 Å². The Hall–Kier alpha value is -0.130. The van der Waals surface area contributed by atoms with Gasteiger partial charge in [0.2, 0.25) is 0 Å². The van der Waals surface area contributed by atoms with Crippen molar-refractivity contribution in [3.8, 4) is 0 Å². The summed E-state index contributed by atoms with van der Waals surface area (Å²) in [7, 11) is -4.15. The van der Waals surface area contributed by atoms with Gasteiger partial charge < -0.3 is 5.11 Å². The third kappa shape index (κ3) is 18.4. The smallest absolute Gasteiger partial charge is 0.270 e. The lowest BCUT2D eigenvalue weighted by molar-refractivity contribution is 0.155. The van der Waals surface area contributed by atoms with Gasteiger partial charge in [-0.1, -0.05) is 129 Å². The normalized spacial score (nSPS) is 14.2. The fourth-order valence-corrected chi connectivity index (χ4v) is 5.10. The first kappa shape index (κ1) is 28.9. The average molecular weight is 435 g/mol. The lowest BCUT2D eigenvalue weighted by atomic mass is 10.0. The lowest BCUT2D eigenvalue weighted by Crippen LogP contribution is -2.33. The van der Waals surface area contributed by atoms with Gasteiger partial charge in [-0.25, -0.2) is 0 Å². The second-order valence-electron chi connectivity index (χ2n) is 8.83. The van der Waals surface area contributed by atoms with Crippen molar-refractivity contribution >= 4 is 10.1 Å². The Balaban J connectivity index is 3.35. The molecule has 0 bridgehead atoms. The summed E-state index contributed by atoms with van der Waals surface area (Å²) in [6, 6.07) is 0. The van der Waals surface area contributed by atoms with Crippen LogP contribution in [0.25, 0.3) is 0 Å². The van der Waals surface area contributed by atoms with Crippen LogP contribution < -0.4 is 0 Å². The number of hydrogen-bond donors (Lipinski definition) is 2. The van der Waals surface area contributed by atoms with Gasteiger partial charge in [0.05, 0.1) is 6.10 Å². The van der Waals surface area contributed by atoms with Crippen molar-refractivity contribution in [2.24, 2.45) is 0 Å². The molecule has 0 amide bonds. The second-order valence-corrected chi connectivity index (χ2v) is 10.5. The van der Waals surface area contributed by atoms with Crippen LogP contribution in [0.1, 0.15) is 142 Å². The molecule has 0 aromatic rings. The molecule has 0 saturated heterocycles. The summed E-state index contributed by atoms with van der Waals surface area (Å²) in [6.45, 7) is 4.00. The first-order valence-electron chi connectivity index (χ1n) is 12.6. The number of aliphatic hydroxyl groups is 1. The highest BCUT2D eigenvalue weighted by molar-refractivity contribution is 7.86. The molecule has 0 aliphatic rings. The highest BCUT2D eigenvalue weighted by Crippen LogP contribution is 2.18. The Bertz CT molecular complexity index is 436. The van der Waals surface area contributed by atoms with E-state index in [1.807, 2.05) is 0 Å². The van der Waals surface area contributed by atoms with Gasteiger partial charge in [-0.3, -0.25) is 4.55 Å². The molecule has 2 N–H and O–H groups in total. The van der Waals surface area contributed by atoms with E-state index in [4.69, 9.17) is 0 Å². The van der Waals surface area contributed by atoms with E-state index in [0.717, 1.165) is 19.3 Å². The molecule has 0 aliphatic carbocycles. The zero-order valence-corrected chi connectivity index (χ0v) is 20.2. The van der Waals surface area contributed by atoms with Gasteiger partial charge in [0.1, 0.15) is 5.25 Å². The first-order chi connectivity index (χ1) is 13.9. The standard InChI is InChI=1S/C24H50O4S/c1-3-5-6-7-8-9-10-11-12-13-14-15-16-17-18-19-20-21-22-24(23(25)4-2)29(26,27)28/h23-25H,3-22H2,1-2H3,(H,26,27,28). The van der Waals surface area contributed by atoms with Crippen LogP contribution >= 0.6 is 0 Å². The van der Waals surface area contributed by atoms with E-state index in [2.05, 4.69) is 6.92 Å². The van der Waals surface area contributed by atoms with Crippen molar-refractivity contribution in [2.75, 3.05) is 0 Å². The van der Waals surface area contributed by atoms with Crippen LogP contribution in [-0.4, -0.2) is 29.4 Å². The van der Waals surface area contributed by atoms with E-state index in [1.54, 1.807) is 6.92 Å². The predicted molar refractivity (Wildman–Crippen MR) is 125 cm³/mol. The third-order valence-electron chi connectivity index (χ3n) is 6.07. The van der Waals surface area contributed by atoms with Gasteiger partial charge in [0.25, 0.3) is 10.1 Å².